The number of hydrogen-bond acceptors (Lipinski definition) is 2. The van der Waals surface area contributed by atoms with Crippen molar-refractivity contribution in [2.45, 2.75) is 13.8 Å². The molecule has 0 spiro atoms. The average molecular weight is 391 g/mol. The van der Waals surface area contributed by atoms with Crippen molar-refractivity contribution in [2.75, 3.05) is 0 Å². The van der Waals surface area contributed by atoms with E-state index in [2.05, 4.69) is 26.8 Å². The first kappa shape index (κ1) is 17.9. The van der Waals surface area contributed by atoms with Gasteiger partial charge in [0.05, 0.1) is 0 Å². The minimum Gasteiger partial charge on any atom is -0.268 e. The lowest BCUT2D eigenvalue weighted by Crippen LogP contribution is -2.41. The summed E-state index contributed by atoms with van der Waals surface area (Å²) in [5, 5.41) is 0. The van der Waals surface area contributed by atoms with Crippen LogP contribution >= 0.6 is 15.9 Å². The predicted molar refractivity (Wildman–Crippen MR) is 94.7 cm³/mol. The molecule has 2 aromatic rings. The largest absolute Gasteiger partial charge is 0.269 e. The Morgan fingerprint density at radius 1 is 1.08 bits per heavy atom. The highest BCUT2D eigenvalue weighted by Gasteiger charge is 2.09. The molecule has 24 heavy (non-hydrogen) atoms. The van der Waals surface area contributed by atoms with Crippen LogP contribution in [-0.2, 0) is 4.79 Å². The lowest BCUT2D eigenvalue weighted by molar-refractivity contribution is -0.117. The summed E-state index contributed by atoms with van der Waals surface area (Å²) in [5.74, 6) is -1.42. The number of nitrogens with one attached hydrogen (secondary N) is 2. The molecule has 2 N–H and O–H groups in total. The van der Waals surface area contributed by atoms with Crippen molar-refractivity contribution in [3.05, 3.63) is 75.0 Å². The summed E-state index contributed by atoms with van der Waals surface area (Å²) in [6.07, 6.45) is 2.48. The van der Waals surface area contributed by atoms with Crippen molar-refractivity contribution >= 4 is 33.8 Å². The van der Waals surface area contributed by atoms with Crippen LogP contribution in [0.5, 0.6) is 0 Å². The van der Waals surface area contributed by atoms with Crippen LogP contribution in [0.2, 0.25) is 0 Å². The van der Waals surface area contributed by atoms with Gasteiger partial charge in [0.1, 0.15) is 5.82 Å². The Hall–Kier alpha value is -2.47. The molecule has 0 bridgehead atoms. The molecule has 0 aliphatic carbocycles. The molecule has 0 atom stereocenters. The van der Waals surface area contributed by atoms with Gasteiger partial charge in [-0.25, -0.2) is 4.39 Å². The predicted octanol–water partition coefficient (Wildman–Crippen LogP) is 3.68. The lowest BCUT2D eigenvalue weighted by Gasteiger charge is -2.08. The zero-order valence-corrected chi connectivity index (χ0v) is 14.8. The van der Waals surface area contributed by atoms with Crippen LogP contribution in [0, 0.1) is 19.7 Å². The minimum absolute atomic E-state index is 0.264. The third-order valence-corrected chi connectivity index (χ3v) is 3.79. The average Bonchev–Trinajstić information content (AvgIpc) is 2.53. The fourth-order valence-corrected chi connectivity index (χ4v) is 2.48. The fourth-order valence-electron chi connectivity index (χ4n) is 2.10. The summed E-state index contributed by atoms with van der Waals surface area (Å²) in [7, 11) is 0. The van der Waals surface area contributed by atoms with Crippen molar-refractivity contribution in [1.82, 2.24) is 10.9 Å². The van der Waals surface area contributed by atoms with Crippen molar-refractivity contribution in [3.8, 4) is 0 Å². The van der Waals surface area contributed by atoms with E-state index in [4.69, 9.17) is 0 Å². The van der Waals surface area contributed by atoms with Gasteiger partial charge >= 0.3 is 0 Å². The summed E-state index contributed by atoms with van der Waals surface area (Å²) < 4.78 is 14.3. The number of carbonyl (C=O) groups excluding carboxylic acids is 2. The molecule has 2 rings (SSSR count). The maximum Gasteiger partial charge on any atom is 0.269 e. The van der Waals surface area contributed by atoms with Gasteiger partial charge in [0.2, 0.25) is 0 Å². The Labute approximate surface area is 147 Å². The number of benzene rings is 2. The van der Waals surface area contributed by atoms with Crippen molar-refractivity contribution in [1.29, 1.82) is 0 Å². The van der Waals surface area contributed by atoms with Crippen molar-refractivity contribution < 1.29 is 14.0 Å². The Balaban J connectivity index is 1.96. The Kier molecular flexibility index (Phi) is 5.87. The second-order valence-electron chi connectivity index (χ2n) is 5.26. The lowest BCUT2D eigenvalue weighted by atomic mass is 10.1. The number of hydrogen-bond donors (Lipinski definition) is 2. The van der Waals surface area contributed by atoms with E-state index >= 15 is 0 Å². The molecule has 2 aromatic carbocycles. The van der Waals surface area contributed by atoms with Gasteiger partial charge < -0.3 is 0 Å². The van der Waals surface area contributed by atoms with E-state index in [1.54, 1.807) is 18.2 Å². The number of hydrazine groups is 1. The summed E-state index contributed by atoms with van der Waals surface area (Å²) in [6.45, 7) is 3.75. The topological polar surface area (TPSA) is 58.2 Å². The molecule has 4 nitrogen and oxygen atoms in total. The smallest absolute Gasteiger partial charge is 0.268 e. The summed E-state index contributed by atoms with van der Waals surface area (Å²) in [4.78, 5) is 23.8. The highest BCUT2D eigenvalue weighted by atomic mass is 79.9. The standard InChI is InChI=1S/C18H16BrFN2O2/c1-11-3-6-15(12(2)9-11)18(24)22-21-17(23)8-4-13-10-14(19)5-7-16(13)20/h3-10H,1-2H3,(H,21,23)(H,22,24)/b8-4+. The molecule has 0 unspecified atom stereocenters. The van der Waals surface area contributed by atoms with Crippen molar-refractivity contribution in [2.24, 2.45) is 0 Å². The van der Waals surface area contributed by atoms with Gasteiger partial charge in [0.25, 0.3) is 11.8 Å². The molecule has 0 saturated carbocycles. The quantitative estimate of drug-likeness (QED) is 0.620. The van der Waals surface area contributed by atoms with Crippen LogP contribution in [-0.4, -0.2) is 11.8 Å². The second-order valence-corrected chi connectivity index (χ2v) is 6.18. The first-order valence-electron chi connectivity index (χ1n) is 7.17. The van der Waals surface area contributed by atoms with Crippen LogP contribution in [0.1, 0.15) is 27.0 Å². The molecular weight excluding hydrogens is 375 g/mol. The van der Waals surface area contributed by atoms with Gasteiger partial charge in [0.15, 0.2) is 0 Å². The van der Waals surface area contributed by atoms with Crippen molar-refractivity contribution in [3.63, 3.8) is 0 Å². The van der Waals surface area contributed by atoms with E-state index in [0.717, 1.165) is 17.2 Å². The third kappa shape index (κ3) is 4.76. The van der Waals surface area contributed by atoms with Crippen LogP contribution in [0.15, 0.2) is 46.9 Å². The molecule has 2 amide bonds. The fraction of sp³-hybridized carbons (Fsp3) is 0.111. The van der Waals surface area contributed by atoms with Gasteiger partial charge in [-0.15, -0.1) is 0 Å². The normalized spacial score (nSPS) is 10.7. The van der Waals surface area contributed by atoms with Crippen LogP contribution < -0.4 is 10.9 Å². The summed E-state index contributed by atoms with van der Waals surface area (Å²) in [6, 6.07) is 9.80. The molecule has 0 fully saturated rings. The SMILES string of the molecule is Cc1ccc(C(=O)NNC(=O)/C=C/c2cc(Br)ccc2F)c(C)c1. The van der Waals surface area contributed by atoms with Crippen LogP contribution in [0.25, 0.3) is 6.08 Å². The molecular formula is C18H16BrFN2O2. The number of amides is 2. The highest BCUT2D eigenvalue weighted by molar-refractivity contribution is 9.10. The van der Waals surface area contributed by atoms with Gasteiger partial charge in [0, 0.05) is 21.7 Å². The molecule has 0 aromatic heterocycles. The van der Waals surface area contributed by atoms with E-state index in [9.17, 15) is 14.0 Å². The monoisotopic (exact) mass is 390 g/mol. The Morgan fingerprint density at radius 2 is 1.83 bits per heavy atom. The summed E-state index contributed by atoms with van der Waals surface area (Å²) >= 11 is 3.23. The molecule has 0 saturated heterocycles. The molecule has 124 valence electrons. The number of carbonyl (C=O) groups is 2. The first-order chi connectivity index (χ1) is 11.4. The Morgan fingerprint density at radius 3 is 2.54 bits per heavy atom. The van der Waals surface area contributed by atoms with E-state index < -0.39 is 17.6 Å². The second kappa shape index (κ2) is 7.88. The summed E-state index contributed by atoms with van der Waals surface area (Å²) in [5.41, 5.74) is 7.20. The zero-order valence-electron chi connectivity index (χ0n) is 13.2. The molecule has 0 aliphatic rings. The molecule has 0 radical (unpaired) electrons. The van der Waals surface area contributed by atoms with Gasteiger partial charge in [-0.3, -0.25) is 20.4 Å². The number of aryl methyl sites for hydroxylation is 2. The zero-order chi connectivity index (χ0) is 17.7. The number of rotatable bonds is 3. The maximum atomic E-state index is 13.6. The van der Waals surface area contributed by atoms with E-state index in [1.807, 2.05) is 26.0 Å². The molecule has 6 heteroatoms. The van der Waals surface area contributed by atoms with Crippen LogP contribution in [0.3, 0.4) is 0 Å². The molecule has 0 heterocycles. The highest BCUT2D eigenvalue weighted by Crippen LogP contribution is 2.16. The van der Waals surface area contributed by atoms with Gasteiger partial charge in [-0.05, 0) is 49.8 Å². The van der Waals surface area contributed by atoms with Gasteiger partial charge in [-0.1, -0.05) is 33.6 Å². The minimum atomic E-state index is -0.563. The third-order valence-electron chi connectivity index (χ3n) is 3.30. The van der Waals surface area contributed by atoms with Gasteiger partial charge in [-0.2, -0.15) is 0 Å². The van der Waals surface area contributed by atoms with E-state index in [-0.39, 0.29) is 5.56 Å². The van der Waals surface area contributed by atoms with E-state index in [0.29, 0.717) is 10.0 Å². The van der Waals surface area contributed by atoms with Crippen LogP contribution in [0.4, 0.5) is 4.39 Å². The van der Waals surface area contributed by atoms with E-state index in [1.165, 1.54) is 12.1 Å². The maximum absolute atomic E-state index is 13.6. The molecule has 0 aliphatic heterocycles. The first-order valence-corrected chi connectivity index (χ1v) is 7.97. The number of halogens is 2. The Bertz CT molecular complexity index is 819.